The number of nitrogens with one attached hydrogen (secondary N) is 1. The third-order valence-electron chi connectivity index (χ3n) is 3.49. The summed E-state index contributed by atoms with van der Waals surface area (Å²) in [5, 5.41) is 20.3. The van der Waals surface area contributed by atoms with Gasteiger partial charge in [-0.2, -0.15) is 0 Å². The number of aliphatic hydroxyl groups is 1. The van der Waals surface area contributed by atoms with Crippen LogP contribution < -0.4 is 5.32 Å². The predicted octanol–water partition coefficient (Wildman–Crippen LogP) is 0.909. The van der Waals surface area contributed by atoms with E-state index in [1.54, 1.807) is 0 Å². The maximum absolute atomic E-state index is 11.9. The third-order valence-corrected chi connectivity index (χ3v) is 3.49. The molecule has 0 saturated heterocycles. The lowest BCUT2D eigenvalue weighted by molar-refractivity contribution is -0.147. The molecule has 3 N–H and O–H groups in total. The Labute approximate surface area is 101 Å². The molecule has 0 aliphatic heterocycles. The number of aliphatic hydroxyl groups excluding tert-OH is 1. The summed E-state index contributed by atoms with van der Waals surface area (Å²) in [7, 11) is 0. The van der Waals surface area contributed by atoms with E-state index in [1.165, 1.54) is 6.42 Å². The molecule has 1 saturated carbocycles. The van der Waals surface area contributed by atoms with E-state index in [2.05, 4.69) is 5.32 Å². The van der Waals surface area contributed by atoms with Crippen molar-refractivity contribution in [3.8, 4) is 0 Å². The number of aliphatic carboxylic acids is 1. The van der Waals surface area contributed by atoms with Crippen LogP contribution in [0.3, 0.4) is 0 Å². The highest BCUT2D eigenvalue weighted by Crippen LogP contribution is 2.35. The van der Waals surface area contributed by atoms with Crippen LogP contribution in [0.25, 0.3) is 0 Å². The van der Waals surface area contributed by atoms with Crippen molar-refractivity contribution in [1.29, 1.82) is 0 Å². The fourth-order valence-corrected chi connectivity index (χ4v) is 2.22. The first kappa shape index (κ1) is 14.0. The second-order valence-corrected chi connectivity index (χ2v) is 5.02. The van der Waals surface area contributed by atoms with Crippen molar-refractivity contribution in [3.63, 3.8) is 0 Å². The first-order chi connectivity index (χ1) is 7.96. The van der Waals surface area contributed by atoms with E-state index < -0.39 is 12.1 Å². The quantitative estimate of drug-likeness (QED) is 0.670. The van der Waals surface area contributed by atoms with E-state index in [0.29, 0.717) is 0 Å². The zero-order valence-corrected chi connectivity index (χ0v) is 10.2. The van der Waals surface area contributed by atoms with Crippen LogP contribution in [0.2, 0.25) is 0 Å². The molecule has 0 aromatic rings. The van der Waals surface area contributed by atoms with Gasteiger partial charge in [-0.3, -0.25) is 4.79 Å². The maximum Gasteiger partial charge on any atom is 0.332 e. The number of carbonyl (C=O) groups excluding carboxylic acids is 1. The van der Waals surface area contributed by atoms with Crippen LogP contribution in [-0.4, -0.2) is 34.7 Å². The molecule has 1 atom stereocenters. The van der Waals surface area contributed by atoms with Gasteiger partial charge in [0.1, 0.15) is 0 Å². The number of amides is 1. The lowest BCUT2D eigenvalue weighted by Gasteiger charge is -2.32. The molecule has 98 valence electrons. The minimum atomic E-state index is -1.39. The van der Waals surface area contributed by atoms with Crippen LogP contribution in [0.4, 0.5) is 0 Å². The SMILES string of the molecule is CC1(C(=O)NCC[C@H](O)C(=O)O)CCCCC1. The van der Waals surface area contributed by atoms with Crippen LogP contribution in [0.15, 0.2) is 0 Å². The van der Waals surface area contributed by atoms with Crippen LogP contribution in [0.5, 0.6) is 0 Å². The molecule has 5 nitrogen and oxygen atoms in total. The molecule has 0 heterocycles. The lowest BCUT2D eigenvalue weighted by atomic mass is 9.75. The second-order valence-electron chi connectivity index (χ2n) is 5.02. The first-order valence-electron chi connectivity index (χ1n) is 6.15. The monoisotopic (exact) mass is 243 g/mol. The smallest absolute Gasteiger partial charge is 0.332 e. The summed E-state index contributed by atoms with van der Waals surface area (Å²) >= 11 is 0. The average molecular weight is 243 g/mol. The van der Waals surface area contributed by atoms with Gasteiger partial charge in [0.15, 0.2) is 6.10 Å². The van der Waals surface area contributed by atoms with Gasteiger partial charge in [0, 0.05) is 18.4 Å². The fourth-order valence-electron chi connectivity index (χ4n) is 2.22. The summed E-state index contributed by atoms with van der Waals surface area (Å²) < 4.78 is 0. The topological polar surface area (TPSA) is 86.6 Å². The van der Waals surface area contributed by atoms with Crippen molar-refractivity contribution in [1.82, 2.24) is 5.32 Å². The van der Waals surface area contributed by atoms with Crippen molar-refractivity contribution in [2.45, 2.75) is 51.6 Å². The van der Waals surface area contributed by atoms with E-state index in [9.17, 15) is 9.59 Å². The minimum absolute atomic E-state index is 0.0187. The van der Waals surface area contributed by atoms with Crippen molar-refractivity contribution in [2.24, 2.45) is 5.41 Å². The molecule has 1 fully saturated rings. The number of carbonyl (C=O) groups is 2. The van der Waals surface area contributed by atoms with E-state index >= 15 is 0 Å². The molecule has 5 heteroatoms. The Balaban J connectivity index is 2.31. The highest BCUT2D eigenvalue weighted by molar-refractivity contribution is 5.82. The second kappa shape index (κ2) is 6.00. The Morgan fingerprint density at radius 3 is 2.41 bits per heavy atom. The van der Waals surface area contributed by atoms with Crippen molar-refractivity contribution in [2.75, 3.05) is 6.54 Å². The number of hydrogen-bond acceptors (Lipinski definition) is 3. The lowest BCUT2D eigenvalue weighted by Crippen LogP contribution is -2.41. The van der Waals surface area contributed by atoms with E-state index in [4.69, 9.17) is 10.2 Å². The van der Waals surface area contributed by atoms with Crippen molar-refractivity contribution in [3.05, 3.63) is 0 Å². The number of hydrogen-bond donors (Lipinski definition) is 3. The summed E-state index contributed by atoms with van der Waals surface area (Å²) in [6.07, 6.45) is 3.76. The first-order valence-corrected chi connectivity index (χ1v) is 6.15. The Hall–Kier alpha value is -1.10. The van der Waals surface area contributed by atoms with Gasteiger partial charge < -0.3 is 15.5 Å². The van der Waals surface area contributed by atoms with Gasteiger partial charge in [0.05, 0.1) is 0 Å². The molecule has 0 bridgehead atoms. The zero-order valence-electron chi connectivity index (χ0n) is 10.2. The molecule has 1 aliphatic carbocycles. The number of carboxylic acids is 1. The van der Waals surface area contributed by atoms with Gasteiger partial charge in [-0.05, 0) is 12.8 Å². The Morgan fingerprint density at radius 1 is 1.29 bits per heavy atom. The molecule has 1 rings (SSSR count). The van der Waals surface area contributed by atoms with Gasteiger partial charge in [0.25, 0.3) is 0 Å². The molecular formula is C12H21NO4. The maximum atomic E-state index is 11.9. The Kier molecular flexibility index (Phi) is 4.93. The van der Waals surface area contributed by atoms with Gasteiger partial charge in [-0.15, -0.1) is 0 Å². The molecule has 17 heavy (non-hydrogen) atoms. The summed E-state index contributed by atoms with van der Waals surface area (Å²) in [4.78, 5) is 22.3. The fraction of sp³-hybridized carbons (Fsp3) is 0.833. The number of carboxylic acid groups (broad SMARTS) is 1. The van der Waals surface area contributed by atoms with E-state index in [0.717, 1.165) is 25.7 Å². The summed E-state index contributed by atoms with van der Waals surface area (Å²) in [5.41, 5.74) is -0.313. The summed E-state index contributed by atoms with van der Waals surface area (Å²) in [5.74, 6) is -1.27. The van der Waals surface area contributed by atoms with Gasteiger partial charge >= 0.3 is 5.97 Å². The largest absolute Gasteiger partial charge is 0.479 e. The predicted molar refractivity (Wildman–Crippen MR) is 62.5 cm³/mol. The zero-order chi connectivity index (χ0) is 12.9. The van der Waals surface area contributed by atoms with Gasteiger partial charge in [-0.25, -0.2) is 4.79 Å². The number of rotatable bonds is 5. The van der Waals surface area contributed by atoms with Crippen molar-refractivity contribution < 1.29 is 19.8 Å². The molecule has 0 spiro atoms. The molecule has 0 aromatic heterocycles. The molecule has 1 aliphatic rings. The Bertz CT molecular complexity index is 284. The molecule has 0 radical (unpaired) electrons. The van der Waals surface area contributed by atoms with Gasteiger partial charge in [-0.1, -0.05) is 26.2 Å². The molecule has 0 aromatic carbocycles. The average Bonchev–Trinajstić information content (AvgIpc) is 2.29. The van der Waals surface area contributed by atoms with E-state index in [-0.39, 0.29) is 24.3 Å². The van der Waals surface area contributed by atoms with Gasteiger partial charge in [0.2, 0.25) is 5.91 Å². The van der Waals surface area contributed by atoms with Crippen LogP contribution in [-0.2, 0) is 9.59 Å². The normalized spacial score (nSPS) is 20.6. The molecule has 1 amide bonds. The van der Waals surface area contributed by atoms with Crippen LogP contribution in [0.1, 0.15) is 45.4 Å². The summed E-state index contributed by atoms with van der Waals surface area (Å²) in [6.45, 7) is 2.16. The molecule has 0 unspecified atom stereocenters. The molecular weight excluding hydrogens is 222 g/mol. The summed E-state index contributed by atoms with van der Waals surface area (Å²) in [6, 6.07) is 0. The standard InChI is InChI=1S/C12H21NO4/c1-12(6-3-2-4-7-12)11(17)13-8-5-9(14)10(15)16/h9,14H,2-8H2,1H3,(H,13,17)(H,15,16)/t9-/m0/s1. The highest BCUT2D eigenvalue weighted by atomic mass is 16.4. The van der Waals surface area contributed by atoms with Crippen LogP contribution >= 0.6 is 0 Å². The van der Waals surface area contributed by atoms with Crippen molar-refractivity contribution >= 4 is 11.9 Å². The van der Waals surface area contributed by atoms with E-state index in [1.807, 2.05) is 6.92 Å². The highest BCUT2D eigenvalue weighted by Gasteiger charge is 2.34. The minimum Gasteiger partial charge on any atom is -0.479 e. The van der Waals surface area contributed by atoms with Crippen LogP contribution in [0, 0.1) is 5.41 Å². The Morgan fingerprint density at radius 2 is 1.88 bits per heavy atom. The third kappa shape index (κ3) is 4.00.